The summed E-state index contributed by atoms with van der Waals surface area (Å²) in [6, 6.07) is 5.50. The van der Waals surface area contributed by atoms with Gasteiger partial charge in [-0.2, -0.15) is 0 Å². The number of oxazole rings is 1. The Labute approximate surface area is 214 Å². The summed E-state index contributed by atoms with van der Waals surface area (Å²) in [5.74, 6) is 2.95. The number of carbonyl (C=O) groups excluding carboxylic acids is 2. The smallest absolute Gasteiger partial charge is 0.306 e. The molecular weight excluding hydrogens is 454 g/mol. The number of ether oxygens (including phenoxy) is 1. The van der Waals surface area contributed by atoms with E-state index in [0.29, 0.717) is 36.3 Å². The van der Waals surface area contributed by atoms with Crippen LogP contribution in [0.5, 0.6) is 0 Å². The predicted molar refractivity (Wildman–Crippen MR) is 140 cm³/mol. The highest BCUT2D eigenvalue weighted by molar-refractivity contribution is 5.87. The Bertz CT molecular complexity index is 1140. The second kappa shape index (κ2) is 12.4. The van der Waals surface area contributed by atoms with Crippen molar-refractivity contribution >= 4 is 22.9 Å². The van der Waals surface area contributed by atoms with Crippen LogP contribution in [-0.2, 0) is 20.9 Å². The summed E-state index contributed by atoms with van der Waals surface area (Å²) in [4.78, 5) is 30.7. The Morgan fingerprint density at radius 2 is 2.03 bits per heavy atom. The van der Waals surface area contributed by atoms with Crippen LogP contribution in [0.4, 0.5) is 0 Å². The summed E-state index contributed by atoms with van der Waals surface area (Å²) in [6.07, 6.45) is 12.6. The highest BCUT2D eigenvalue weighted by atomic mass is 16.5. The van der Waals surface area contributed by atoms with Crippen LogP contribution >= 0.6 is 0 Å². The molecule has 1 aliphatic heterocycles. The minimum atomic E-state index is -0.663. The van der Waals surface area contributed by atoms with Crippen LogP contribution in [0.1, 0.15) is 96.6 Å². The molecule has 3 unspecified atom stereocenters. The van der Waals surface area contributed by atoms with Gasteiger partial charge in [0.15, 0.2) is 5.58 Å². The molecule has 1 N–H and O–H groups in total. The van der Waals surface area contributed by atoms with E-state index >= 15 is 0 Å². The van der Waals surface area contributed by atoms with Crippen molar-refractivity contribution in [3.8, 4) is 12.3 Å². The van der Waals surface area contributed by atoms with E-state index in [1.807, 2.05) is 26.0 Å². The van der Waals surface area contributed by atoms with Crippen LogP contribution < -0.4 is 0 Å². The molecule has 1 aromatic carbocycles. The van der Waals surface area contributed by atoms with Gasteiger partial charge in [0.25, 0.3) is 0 Å². The van der Waals surface area contributed by atoms with Gasteiger partial charge in [-0.1, -0.05) is 44.9 Å². The summed E-state index contributed by atoms with van der Waals surface area (Å²) >= 11 is 0. The van der Waals surface area contributed by atoms with Gasteiger partial charge in [-0.3, -0.25) is 9.59 Å². The molecule has 2 heterocycles. The zero-order valence-electron chi connectivity index (χ0n) is 22.0. The zero-order chi connectivity index (χ0) is 26.3. The fourth-order valence-corrected chi connectivity index (χ4v) is 4.99. The predicted octanol–water partition coefficient (Wildman–Crippen LogP) is 6.47. The number of allylic oxidation sites excluding steroid dienone is 1. The Morgan fingerprint density at radius 3 is 2.75 bits per heavy atom. The molecule has 1 aliphatic rings. The lowest BCUT2D eigenvalue weighted by Gasteiger charge is -2.29. The fourth-order valence-electron chi connectivity index (χ4n) is 4.99. The molecular formula is C30H39NO5. The molecule has 3 atom stereocenters. The zero-order valence-corrected chi connectivity index (χ0v) is 22.0. The number of aliphatic hydroxyl groups is 1. The lowest BCUT2D eigenvalue weighted by Crippen LogP contribution is -2.32. The molecule has 3 rings (SSSR count). The van der Waals surface area contributed by atoms with Gasteiger partial charge in [-0.15, -0.1) is 12.3 Å². The van der Waals surface area contributed by atoms with E-state index in [0.717, 1.165) is 31.2 Å². The van der Waals surface area contributed by atoms with Crippen molar-refractivity contribution in [2.45, 2.75) is 91.8 Å². The number of nitrogens with zero attached hydrogens (tertiary/aromatic N) is 1. The minimum absolute atomic E-state index is 0.135. The lowest BCUT2D eigenvalue weighted by atomic mass is 9.74. The van der Waals surface area contributed by atoms with E-state index in [1.54, 1.807) is 6.07 Å². The van der Waals surface area contributed by atoms with Crippen LogP contribution in [0, 0.1) is 29.6 Å². The summed E-state index contributed by atoms with van der Waals surface area (Å²) in [7, 11) is 0. The van der Waals surface area contributed by atoms with Gasteiger partial charge in [0.1, 0.15) is 24.0 Å². The second-order valence-corrected chi connectivity index (χ2v) is 10.8. The molecule has 194 valence electrons. The normalized spacial score (nSPS) is 26.1. The molecule has 6 heteroatoms. The average Bonchev–Trinajstić information content (AvgIpc) is 3.26. The SMILES string of the molecule is C#CCC1CC(C)CCC/C(C)=C/CC(c2ccc3oc(CO)nc3c2)OC(=O)CCC(C)(C)C1=O. The molecule has 0 radical (unpaired) electrons. The number of esters is 1. The summed E-state index contributed by atoms with van der Waals surface area (Å²) in [5, 5.41) is 9.33. The maximum Gasteiger partial charge on any atom is 0.306 e. The summed E-state index contributed by atoms with van der Waals surface area (Å²) < 4.78 is 11.5. The third-order valence-corrected chi connectivity index (χ3v) is 7.23. The molecule has 0 bridgehead atoms. The molecule has 0 amide bonds. The van der Waals surface area contributed by atoms with Gasteiger partial charge in [0.05, 0.1) is 0 Å². The van der Waals surface area contributed by atoms with Crippen LogP contribution in [-0.4, -0.2) is 21.8 Å². The van der Waals surface area contributed by atoms with E-state index in [-0.39, 0.29) is 36.6 Å². The largest absolute Gasteiger partial charge is 0.457 e. The topological polar surface area (TPSA) is 89.6 Å². The standard InChI is InChI=1S/C30H39NO5/c1-6-8-23-17-21(3)10-7-9-20(2)11-13-25(36-28(33)15-16-30(4,5)29(23)34)22-12-14-26-24(18-22)31-27(19-32)35-26/h1,11-12,14,18,21,23,25,32H,7-10,13,15-17,19H2,2-5H3/b20-11+. The lowest BCUT2D eigenvalue weighted by molar-refractivity contribution is -0.150. The van der Waals surface area contributed by atoms with Crippen LogP contribution in [0.3, 0.4) is 0 Å². The number of ketones is 1. The van der Waals surface area contributed by atoms with Gasteiger partial charge >= 0.3 is 5.97 Å². The Hall–Kier alpha value is -2.91. The highest BCUT2D eigenvalue weighted by Gasteiger charge is 2.34. The van der Waals surface area contributed by atoms with Gasteiger partial charge in [-0.25, -0.2) is 4.98 Å². The van der Waals surface area contributed by atoms with Crippen molar-refractivity contribution in [3.05, 3.63) is 41.3 Å². The number of terminal acetylenes is 1. The maximum absolute atomic E-state index is 13.4. The van der Waals surface area contributed by atoms with Gasteiger partial charge in [-0.05, 0) is 56.2 Å². The molecule has 0 aliphatic carbocycles. The maximum atomic E-state index is 13.4. The number of fused-ring (bicyclic) bond motifs is 1. The van der Waals surface area contributed by atoms with E-state index < -0.39 is 11.5 Å². The fraction of sp³-hybridized carbons (Fsp3) is 0.567. The third kappa shape index (κ3) is 7.30. The quantitative estimate of drug-likeness (QED) is 0.300. The average molecular weight is 494 g/mol. The Kier molecular flexibility index (Phi) is 9.50. The van der Waals surface area contributed by atoms with Crippen molar-refractivity contribution in [3.63, 3.8) is 0 Å². The third-order valence-electron chi connectivity index (χ3n) is 7.23. The number of Topliss-reactive ketones (excluding diaryl/α,β-unsaturated/α-hetero) is 1. The van der Waals surface area contributed by atoms with Crippen LogP contribution in [0.25, 0.3) is 11.1 Å². The van der Waals surface area contributed by atoms with Crippen molar-refractivity contribution in [2.24, 2.45) is 17.3 Å². The summed E-state index contributed by atoms with van der Waals surface area (Å²) in [5.41, 5.74) is 2.59. The van der Waals surface area contributed by atoms with Gasteiger partial charge in [0.2, 0.25) is 5.89 Å². The van der Waals surface area contributed by atoms with E-state index in [4.69, 9.17) is 15.6 Å². The monoisotopic (exact) mass is 493 g/mol. The number of benzene rings is 1. The molecule has 0 saturated heterocycles. The second-order valence-electron chi connectivity index (χ2n) is 10.8. The molecule has 1 aromatic heterocycles. The number of hydrogen-bond donors (Lipinski definition) is 1. The van der Waals surface area contributed by atoms with Crippen molar-refractivity contribution in [1.29, 1.82) is 0 Å². The number of carbonyl (C=O) groups is 2. The first-order valence-corrected chi connectivity index (χ1v) is 13.0. The number of aromatic nitrogens is 1. The van der Waals surface area contributed by atoms with E-state index in [1.165, 1.54) is 5.57 Å². The highest BCUT2D eigenvalue weighted by Crippen LogP contribution is 2.34. The van der Waals surface area contributed by atoms with Crippen molar-refractivity contribution in [1.82, 2.24) is 4.98 Å². The number of cyclic esters (lactones) is 1. The van der Waals surface area contributed by atoms with Gasteiger partial charge in [0, 0.05) is 30.6 Å². The number of aliphatic hydroxyl groups excluding tert-OH is 1. The van der Waals surface area contributed by atoms with E-state index in [9.17, 15) is 14.7 Å². The van der Waals surface area contributed by atoms with Crippen LogP contribution in [0.15, 0.2) is 34.3 Å². The first-order valence-electron chi connectivity index (χ1n) is 13.0. The first kappa shape index (κ1) is 27.7. The number of rotatable bonds is 3. The molecule has 0 saturated carbocycles. The Morgan fingerprint density at radius 1 is 1.25 bits per heavy atom. The van der Waals surface area contributed by atoms with Crippen molar-refractivity contribution < 1.29 is 23.8 Å². The molecule has 6 nitrogen and oxygen atoms in total. The van der Waals surface area contributed by atoms with E-state index in [2.05, 4.69) is 30.8 Å². The van der Waals surface area contributed by atoms with Crippen LogP contribution in [0.2, 0.25) is 0 Å². The molecule has 0 fully saturated rings. The molecule has 2 aromatic rings. The summed E-state index contributed by atoms with van der Waals surface area (Å²) in [6.45, 7) is 7.83. The Balaban J connectivity index is 1.86. The molecule has 0 spiro atoms. The minimum Gasteiger partial charge on any atom is -0.457 e. The molecule has 36 heavy (non-hydrogen) atoms. The first-order chi connectivity index (χ1) is 17.1. The number of hydrogen-bond acceptors (Lipinski definition) is 6. The van der Waals surface area contributed by atoms with Crippen molar-refractivity contribution in [2.75, 3.05) is 0 Å². The van der Waals surface area contributed by atoms with Gasteiger partial charge < -0.3 is 14.3 Å².